The maximum atomic E-state index is 11.6. The summed E-state index contributed by atoms with van der Waals surface area (Å²) in [7, 11) is 0. The maximum absolute atomic E-state index is 11.6. The minimum absolute atomic E-state index is 0.0722. The molecular formula is C12H19N3O3. The molecule has 1 saturated heterocycles. The molecule has 0 spiro atoms. The summed E-state index contributed by atoms with van der Waals surface area (Å²) in [6, 6.07) is 0. The quantitative estimate of drug-likeness (QED) is 0.793. The second-order valence-electron chi connectivity index (χ2n) is 4.77. The predicted octanol–water partition coefficient (Wildman–Crippen LogP) is 0.535. The third kappa shape index (κ3) is 3.29. The first-order chi connectivity index (χ1) is 8.66. The van der Waals surface area contributed by atoms with Gasteiger partial charge in [-0.15, -0.1) is 0 Å². The van der Waals surface area contributed by atoms with E-state index in [9.17, 15) is 9.59 Å². The van der Waals surface area contributed by atoms with Gasteiger partial charge in [0.25, 0.3) is 0 Å². The standard InChI is InChI=1S/C12H19N3O3/c16-11-5-4-10(12(17)18)13-15(11)9-8-14-6-2-1-3-7-14/h1-9H2,(H,17,18). The number of piperidine rings is 1. The van der Waals surface area contributed by atoms with Crippen molar-refractivity contribution in [2.75, 3.05) is 26.2 Å². The van der Waals surface area contributed by atoms with Crippen LogP contribution in [0.4, 0.5) is 0 Å². The molecule has 1 N–H and O–H groups in total. The number of nitrogens with zero attached hydrogens (tertiary/aromatic N) is 3. The van der Waals surface area contributed by atoms with E-state index in [-0.39, 0.29) is 24.5 Å². The van der Waals surface area contributed by atoms with Crippen molar-refractivity contribution in [2.45, 2.75) is 32.1 Å². The van der Waals surface area contributed by atoms with Crippen molar-refractivity contribution in [3.63, 3.8) is 0 Å². The first-order valence-electron chi connectivity index (χ1n) is 6.50. The number of carboxylic acids is 1. The highest BCUT2D eigenvalue weighted by Crippen LogP contribution is 2.11. The highest BCUT2D eigenvalue weighted by Gasteiger charge is 2.24. The number of hydrazone groups is 1. The minimum atomic E-state index is -1.02. The maximum Gasteiger partial charge on any atom is 0.352 e. The third-order valence-electron chi connectivity index (χ3n) is 3.43. The number of hydrogen-bond acceptors (Lipinski definition) is 4. The molecule has 0 aromatic carbocycles. The van der Waals surface area contributed by atoms with E-state index in [0.717, 1.165) is 19.6 Å². The molecule has 0 saturated carbocycles. The van der Waals surface area contributed by atoms with Crippen molar-refractivity contribution in [1.82, 2.24) is 9.91 Å². The van der Waals surface area contributed by atoms with E-state index in [1.54, 1.807) is 0 Å². The van der Waals surface area contributed by atoms with Gasteiger partial charge in [-0.05, 0) is 25.9 Å². The van der Waals surface area contributed by atoms with Crippen molar-refractivity contribution in [1.29, 1.82) is 0 Å². The summed E-state index contributed by atoms with van der Waals surface area (Å²) in [6.07, 6.45) is 4.19. The molecule has 6 nitrogen and oxygen atoms in total. The van der Waals surface area contributed by atoms with Gasteiger partial charge in [0, 0.05) is 19.4 Å². The Balaban J connectivity index is 1.88. The second kappa shape index (κ2) is 5.95. The number of hydrogen-bond donors (Lipinski definition) is 1. The minimum Gasteiger partial charge on any atom is -0.477 e. The Bertz CT molecular complexity index is 362. The smallest absolute Gasteiger partial charge is 0.352 e. The Morgan fingerprint density at radius 2 is 1.89 bits per heavy atom. The van der Waals surface area contributed by atoms with Gasteiger partial charge in [0.05, 0.1) is 6.54 Å². The summed E-state index contributed by atoms with van der Waals surface area (Å²) in [5.74, 6) is -1.09. The van der Waals surface area contributed by atoms with Crippen LogP contribution in [0.1, 0.15) is 32.1 Å². The fourth-order valence-corrected chi connectivity index (χ4v) is 2.35. The van der Waals surface area contributed by atoms with Crippen molar-refractivity contribution in [2.24, 2.45) is 5.10 Å². The summed E-state index contributed by atoms with van der Waals surface area (Å²) in [6.45, 7) is 3.41. The molecule has 2 aliphatic heterocycles. The van der Waals surface area contributed by atoms with Crippen molar-refractivity contribution in [3.8, 4) is 0 Å². The van der Waals surface area contributed by atoms with E-state index in [0.29, 0.717) is 6.54 Å². The Morgan fingerprint density at radius 1 is 1.17 bits per heavy atom. The number of likely N-dealkylation sites (tertiary alicyclic amines) is 1. The summed E-state index contributed by atoms with van der Waals surface area (Å²) >= 11 is 0. The highest BCUT2D eigenvalue weighted by molar-refractivity contribution is 6.36. The Morgan fingerprint density at radius 3 is 2.56 bits per heavy atom. The van der Waals surface area contributed by atoms with Crippen LogP contribution in [0.25, 0.3) is 0 Å². The molecule has 0 aliphatic carbocycles. The number of carbonyl (C=O) groups excluding carboxylic acids is 1. The monoisotopic (exact) mass is 253 g/mol. The fraction of sp³-hybridized carbons (Fsp3) is 0.750. The largest absolute Gasteiger partial charge is 0.477 e. The first kappa shape index (κ1) is 13.0. The van der Waals surface area contributed by atoms with Gasteiger partial charge in [0.1, 0.15) is 5.71 Å². The van der Waals surface area contributed by atoms with Gasteiger partial charge in [-0.3, -0.25) is 4.79 Å². The van der Waals surface area contributed by atoms with Crippen LogP contribution in [0.5, 0.6) is 0 Å². The number of amides is 1. The van der Waals surface area contributed by atoms with Crippen molar-refractivity contribution >= 4 is 17.6 Å². The van der Waals surface area contributed by atoms with Crippen LogP contribution in [0.2, 0.25) is 0 Å². The molecule has 2 rings (SSSR count). The normalized spacial score (nSPS) is 21.9. The van der Waals surface area contributed by atoms with Crippen molar-refractivity contribution in [3.05, 3.63) is 0 Å². The molecule has 0 bridgehead atoms. The highest BCUT2D eigenvalue weighted by atomic mass is 16.4. The number of carboxylic acid groups (broad SMARTS) is 1. The second-order valence-corrected chi connectivity index (χ2v) is 4.77. The molecule has 0 aromatic rings. The van der Waals surface area contributed by atoms with E-state index < -0.39 is 5.97 Å². The summed E-state index contributed by atoms with van der Waals surface area (Å²) < 4.78 is 0. The van der Waals surface area contributed by atoms with Crippen LogP contribution in [0.3, 0.4) is 0 Å². The van der Waals surface area contributed by atoms with E-state index in [1.165, 1.54) is 24.3 Å². The molecule has 0 radical (unpaired) electrons. The molecule has 1 amide bonds. The van der Waals surface area contributed by atoms with Gasteiger partial charge in [-0.1, -0.05) is 6.42 Å². The van der Waals surface area contributed by atoms with Gasteiger partial charge in [-0.2, -0.15) is 5.10 Å². The van der Waals surface area contributed by atoms with E-state index in [1.807, 2.05) is 0 Å². The SMILES string of the molecule is O=C(O)C1=NN(CCN2CCCCC2)C(=O)CC1. The zero-order valence-electron chi connectivity index (χ0n) is 10.5. The van der Waals surface area contributed by atoms with Gasteiger partial charge in [0.15, 0.2) is 0 Å². The Kier molecular flexibility index (Phi) is 4.30. The lowest BCUT2D eigenvalue weighted by molar-refractivity contribution is -0.133. The van der Waals surface area contributed by atoms with Crippen LogP contribution in [-0.4, -0.2) is 58.8 Å². The zero-order valence-corrected chi connectivity index (χ0v) is 10.5. The lowest BCUT2D eigenvalue weighted by atomic mass is 10.1. The van der Waals surface area contributed by atoms with E-state index in [4.69, 9.17) is 5.11 Å². The van der Waals surface area contributed by atoms with E-state index >= 15 is 0 Å². The van der Waals surface area contributed by atoms with Gasteiger partial charge >= 0.3 is 5.97 Å². The number of aliphatic carboxylic acids is 1. The fourth-order valence-electron chi connectivity index (χ4n) is 2.35. The molecule has 18 heavy (non-hydrogen) atoms. The van der Waals surface area contributed by atoms with Crippen LogP contribution in [0, 0.1) is 0 Å². The topological polar surface area (TPSA) is 73.2 Å². The van der Waals surface area contributed by atoms with Crippen LogP contribution in [-0.2, 0) is 9.59 Å². The molecule has 2 aliphatic rings. The van der Waals surface area contributed by atoms with Crippen molar-refractivity contribution < 1.29 is 14.7 Å². The summed E-state index contributed by atoms with van der Waals surface area (Å²) in [5.41, 5.74) is 0.0910. The van der Waals surface area contributed by atoms with Gasteiger partial charge < -0.3 is 10.0 Å². The van der Waals surface area contributed by atoms with Gasteiger partial charge in [0.2, 0.25) is 5.91 Å². The molecule has 2 heterocycles. The average molecular weight is 253 g/mol. The number of carbonyl (C=O) groups is 2. The number of rotatable bonds is 4. The molecular weight excluding hydrogens is 234 g/mol. The lowest BCUT2D eigenvalue weighted by Crippen LogP contribution is -2.41. The predicted molar refractivity (Wildman–Crippen MR) is 66.3 cm³/mol. The van der Waals surface area contributed by atoms with Crippen LogP contribution >= 0.6 is 0 Å². The third-order valence-corrected chi connectivity index (χ3v) is 3.43. The molecule has 0 unspecified atom stereocenters. The summed E-state index contributed by atoms with van der Waals surface area (Å²) in [5, 5.41) is 14.1. The zero-order chi connectivity index (χ0) is 13.0. The average Bonchev–Trinajstić information content (AvgIpc) is 2.38. The molecule has 6 heteroatoms. The van der Waals surface area contributed by atoms with Gasteiger partial charge in [-0.25, -0.2) is 9.80 Å². The molecule has 100 valence electrons. The van der Waals surface area contributed by atoms with E-state index in [2.05, 4.69) is 10.0 Å². The first-order valence-corrected chi connectivity index (χ1v) is 6.50. The van der Waals surface area contributed by atoms with Crippen LogP contribution < -0.4 is 0 Å². The Labute approximate surface area is 106 Å². The Hall–Kier alpha value is -1.43. The molecule has 0 aromatic heterocycles. The molecule has 0 atom stereocenters. The molecule has 1 fully saturated rings. The lowest BCUT2D eigenvalue weighted by Gasteiger charge is -2.29. The summed E-state index contributed by atoms with van der Waals surface area (Å²) in [4.78, 5) is 24.8. The van der Waals surface area contributed by atoms with Crippen LogP contribution in [0.15, 0.2) is 5.10 Å².